The second-order valence-corrected chi connectivity index (χ2v) is 5.26. The number of hydrogen-bond acceptors (Lipinski definition) is 2. The predicted molar refractivity (Wildman–Crippen MR) is 85.0 cm³/mol. The van der Waals surface area contributed by atoms with Crippen molar-refractivity contribution in [2.24, 2.45) is 5.73 Å². The maximum Gasteiger partial charge on any atom is 0.0951 e. The molecule has 21 heavy (non-hydrogen) atoms. The summed E-state index contributed by atoms with van der Waals surface area (Å²) in [6.07, 6.45) is 3.71. The van der Waals surface area contributed by atoms with E-state index in [-0.39, 0.29) is 6.04 Å². The zero-order chi connectivity index (χ0) is 14.7. The zero-order valence-corrected chi connectivity index (χ0v) is 12.1. The monoisotopic (exact) mass is 277 g/mol. The first kappa shape index (κ1) is 13.6. The van der Waals surface area contributed by atoms with Gasteiger partial charge in [0.2, 0.25) is 0 Å². The normalized spacial score (nSPS) is 12.3. The third kappa shape index (κ3) is 2.88. The van der Waals surface area contributed by atoms with E-state index in [9.17, 15) is 0 Å². The molecule has 1 heterocycles. The van der Waals surface area contributed by atoms with Gasteiger partial charge in [0.25, 0.3) is 0 Å². The molecule has 0 aliphatic heterocycles. The topological polar surface area (TPSA) is 43.8 Å². The van der Waals surface area contributed by atoms with Crippen molar-refractivity contribution in [1.82, 2.24) is 9.55 Å². The average Bonchev–Trinajstić information content (AvgIpc) is 2.98. The molecule has 2 N–H and O–H groups in total. The smallest absolute Gasteiger partial charge is 0.0951 e. The summed E-state index contributed by atoms with van der Waals surface area (Å²) in [6.45, 7) is 2.92. The van der Waals surface area contributed by atoms with Crippen LogP contribution in [0.1, 0.15) is 28.4 Å². The Morgan fingerprint density at radius 1 is 1.05 bits per heavy atom. The van der Waals surface area contributed by atoms with Crippen LogP contribution in [-0.4, -0.2) is 9.55 Å². The number of aromatic nitrogens is 2. The van der Waals surface area contributed by atoms with Crippen LogP contribution < -0.4 is 5.73 Å². The second-order valence-electron chi connectivity index (χ2n) is 5.26. The molecule has 0 bridgehead atoms. The maximum absolute atomic E-state index is 6.39. The molecule has 0 aliphatic rings. The Morgan fingerprint density at radius 3 is 2.52 bits per heavy atom. The van der Waals surface area contributed by atoms with E-state index in [1.54, 1.807) is 0 Å². The Morgan fingerprint density at radius 2 is 1.76 bits per heavy atom. The minimum atomic E-state index is -0.155. The van der Waals surface area contributed by atoms with Crippen molar-refractivity contribution in [2.75, 3.05) is 0 Å². The van der Waals surface area contributed by atoms with Gasteiger partial charge in [0, 0.05) is 6.54 Å². The predicted octanol–water partition coefficient (Wildman–Crippen LogP) is 3.29. The Kier molecular flexibility index (Phi) is 3.84. The van der Waals surface area contributed by atoms with Crippen LogP contribution in [-0.2, 0) is 6.54 Å². The van der Waals surface area contributed by atoms with Crippen molar-refractivity contribution >= 4 is 0 Å². The number of hydrogen-bond donors (Lipinski definition) is 1. The van der Waals surface area contributed by atoms with E-state index in [0.717, 1.165) is 17.8 Å². The van der Waals surface area contributed by atoms with Crippen LogP contribution in [0.5, 0.6) is 0 Å². The second kappa shape index (κ2) is 5.94. The molecule has 2 aromatic carbocycles. The van der Waals surface area contributed by atoms with Gasteiger partial charge in [-0.15, -0.1) is 0 Å². The van der Waals surface area contributed by atoms with Gasteiger partial charge in [-0.2, -0.15) is 0 Å². The fourth-order valence-electron chi connectivity index (χ4n) is 2.52. The van der Waals surface area contributed by atoms with Gasteiger partial charge in [-0.3, -0.25) is 0 Å². The van der Waals surface area contributed by atoms with Crippen molar-refractivity contribution in [1.29, 1.82) is 0 Å². The molecule has 0 saturated carbocycles. The van der Waals surface area contributed by atoms with Crippen molar-refractivity contribution in [3.8, 4) is 0 Å². The van der Waals surface area contributed by atoms with E-state index < -0.39 is 0 Å². The Balaban J connectivity index is 1.89. The minimum absolute atomic E-state index is 0.155. The molecule has 1 unspecified atom stereocenters. The lowest BCUT2D eigenvalue weighted by atomic mass is 10.0. The van der Waals surface area contributed by atoms with Gasteiger partial charge in [0.1, 0.15) is 0 Å². The Hall–Kier alpha value is -2.39. The van der Waals surface area contributed by atoms with Crippen LogP contribution in [0.15, 0.2) is 67.1 Å². The summed E-state index contributed by atoms with van der Waals surface area (Å²) in [5, 5.41) is 0. The van der Waals surface area contributed by atoms with Crippen LogP contribution in [0, 0.1) is 6.92 Å². The lowest BCUT2D eigenvalue weighted by Crippen LogP contribution is -2.17. The number of nitrogens with zero attached hydrogens (tertiary/aromatic N) is 2. The number of nitrogens with two attached hydrogens (primary N) is 1. The Labute approximate surface area is 125 Å². The average molecular weight is 277 g/mol. The molecule has 0 radical (unpaired) electrons. The van der Waals surface area contributed by atoms with Crippen molar-refractivity contribution < 1.29 is 0 Å². The van der Waals surface area contributed by atoms with Gasteiger partial charge in [0.15, 0.2) is 0 Å². The highest BCUT2D eigenvalue weighted by Gasteiger charge is 2.14. The fraction of sp³-hybridized carbons (Fsp3) is 0.167. The fourth-order valence-corrected chi connectivity index (χ4v) is 2.52. The third-order valence-corrected chi connectivity index (χ3v) is 3.82. The van der Waals surface area contributed by atoms with Crippen LogP contribution in [0.2, 0.25) is 0 Å². The van der Waals surface area contributed by atoms with Crippen LogP contribution in [0.25, 0.3) is 0 Å². The maximum atomic E-state index is 6.39. The van der Waals surface area contributed by atoms with E-state index in [2.05, 4.69) is 52.9 Å². The highest BCUT2D eigenvalue weighted by atomic mass is 15.1. The van der Waals surface area contributed by atoms with Crippen molar-refractivity contribution in [3.63, 3.8) is 0 Å². The van der Waals surface area contributed by atoms with E-state index in [0.29, 0.717) is 0 Å². The van der Waals surface area contributed by atoms with Crippen LogP contribution in [0.3, 0.4) is 0 Å². The van der Waals surface area contributed by atoms with Gasteiger partial charge >= 0.3 is 0 Å². The molecule has 106 valence electrons. The first-order valence-electron chi connectivity index (χ1n) is 7.11. The molecule has 3 aromatic rings. The highest BCUT2D eigenvalue weighted by Crippen LogP contribution is 2.20. The van der Waals surface area contributed by atoms with Crippen LogP contribution in [0.4, 0.5) is 0 Å². The van der Waals surface area contributed by atoms with Gasteiger partial charge in [0.05, 0.1) is 24.3 Å². The van der Waals surface area contributed by atoms with Gasteiger partial charge in [-0.25, -0.2) is 4.98 Å². The Bertz CT molecular complexity index is 716. The highest BCUT2D eigenvalue weighted by molar-refractivity contribution is 5.29. The molecule has 1 atom stereocenters. The molecule has 3 nitrogen and oxygen atoms in total. The van der Waals surface area contributed by atoms with Crippen molar-refractivity contribution in [3.05, 3.63) is 89.5 Å². The molecular formula is C18H19N3. The molecule has 0 fully saturated rings. The van der Waals surface area contributed by atoms with Crippen LogP contribution >= 0.6 is 0 Å². The molecule has 0 spiro atoms. The summed E-state index contributed by atoms with van der Waals surface area (Å²) >= 11 is 0. The van der Waals surface area contributed by atoms with E-state index in [4.69, 9.17) is 5.73 Å². The van der Waals surface area contributed by atoms with Gasteiger partial charge in [-0.1, -0.05) is 54.6 Å². The molecule has 0 amide bonds. The number of imidazole rings is 1. The summed E-state index contributed by atoms with van der Waals surface area (Å²) in [7, 11) is 0. The minimum Gasteiger partial charge on any atom is -0.328 e. The van der Waals surface area contributed by atoms with Gasteiger partial charge < -0.3 is 10.3 Å². The summed E-state index contributed by atoms with van der Waals surface area (Å²) in [6, 6.07) is 18.4. The molecule has 3 heteroatoms. The lowest BCUT2D eigenvalue weighted by Gasteiger charge is -2.16. The molecule has 3 rings (SSSR count). The molecule has 0 aliphatic carbocycles. The summed E-state index contributed by atoms with van der Waals surface area (Å²) in [5.41, 5.74) is 11.1. The molecular weight excluding hydrogens is 258 g/mol. The van der Waals surface area contributed by atoms with Crippen molar-refractivity contribution in [2.45, 2.75) is 19.5 Å². The quantitative estimate of drug-likeness (QED) is 0.795. The van der Waals surface area contributed by atoms with E-state index in [1.165, 1.54) is 11.1 Å². The summed E-state index contributed by atoms with van der Waals surface area (Å²) in [5.74, 6) is 0. The third-order valence-electron chi connectivity index (χ3n) is 3.82. The SMILES string of the molecule is Cc1ccccc1Cn1cncc1C(N)c1ccccc1. The van der Waals surface area contributed by atoms with E-state index in [1.807, 2.05) is 30.7 Å². The van der Waals surface area contributed by atoms with E-state index >= 15 is 0 Å². The molecule has 0 saturated heterocycles. The largest absolute Gasteiger partial charge is 0.328 e. The zero-order valence-electron chi connectivity index (χ0n) is 12.1. The van der Waals surface area contributed by atoms with Gasteiger partial charge in [-0.05, 0) is 23.6 Å². The number of aryl methyl sites for hydroxylation is 1. The summed E-state index contributed by atoms with van der Waals surface area (Å²) < 4.78 is 2.12. The number of rotatable bonds is 4. The summed E-state index contributed by atoms with van der Waals surface area (Å²) in [4.78, 5) is 4.28. The number of benzene rings is 2. The molecule has 1 aromatic heterocycles. The lowest BCUT2D eigenvalue weighted by molar-refractivity contribution is 0.694. The standard InChI is InChI=1S/C18H19N3/c1-14-7-5-6-10-16(14)12-21-13-20-11-17(21)18(19)15-8-3-2-4-9-15/h2-11,13,18H,12,19H2,1H3. The first-order valence-corrected chi connectivity index (χ1v) is 7.11. The first-order chi connectivity index (χ1) is 10.3.